The van der Waals surface area contributed by atoms with Gasteiger partial charge in [-0.3, -0.25) is 0 Å². The van der Waals surface area contributed by atoms with Crippen molar-refractivity contribution in [3.05, 3.63) is 0 Å². The second-order valence-electron chi connectivity index (χ2n) is 1.23. The van der Waals surface area contributed by atoms with Crippen molar-refractivity contribution < 1.29 is 9.84 Å². The lowest BCUT2D eigenvalue weighted by Crippen LogP contribution is -1.83. The van der Waals surface area contributed by atoms with Gasteiger partial charge < -0.3 is 4.74 Å². The second kappa shape index (κ2) is 6.72. The molecule has 0 saturated carbocycles. The van der Waals surface area contributed by atoms with Gasteiger partial charge in [0.2, 0.25) is 0 Å². The Hall–Kier alpha value is -1.28. The maximum atomic E-state index is 9.51. The number of ether oxygens (including phenoxy) is 1. The fourth-order valence-corrected chi connectivity index (χ4v) is 0.276. The quantitative estimate of drug-likeness (QED) is 0.393. The lowest BCUT2D eigenvalue weighted by Gasteiger charge is -1.86. The summed E-state index contributed by atoms with van der Waals surface area (Å²) in [4.78, 5) is 0. The average molecular weight is 123 g/mol. The third kappa shape index (κ3) is 6.72. The van der Waals surface area contributed by atoms with E-state index in [2.05, 4.69) is 22.7 Å². The summed E-state index contributed by atoms with van der Waals surface area (Å²) in [5, 5.41) is 9.51. The molecular weight excluding hydrogens is 116 g/mol. The van der Waals surface area contributed by atoms with Crippen LogP contribution < -0.4 is 0 Å². The highest BCUT2D eigenvalue weighted by Crippen LogP contribution is 1.76. The molecule has 0 aliphatic carbocycles. The summed E-state index contributed by atoms with van der Waals surface area (Å²) in [5.41, 5.74) is 0. The largest absolute Gasteiger partial charge is 0.446 e. The molecule has 0 aromatic rings. The third-order valence-corrected chi connectivity index (χ3v) is 0.576. The van der Waals surface area contributed by atoms with Crippen molar-refractivity contribution in [3.63, 3.8) is 0 Å². The van der Waals surface area contributed by atoms with Crippen molar-refractivity contribution in [2.45, 2.75) is 13.3 Å². The molecule has 0 aromatic heterocycles. The zero-order chi connectivity index (χ0) is 6.95. The van der Waals surface area contributed by atoms with Crippen molar-refractivity contribution in [2.24, 2.45) is 0 Å². The van der Waals surface area contributed by atoms with Crippen LogP contribution in [0, 0.1) is 24.1 Å². The first-order valence-electron chi connectivity index (χ1n) is 2.55. The van der Waals surface area contributed by atoms with E-state index in [4.69, 9.17) is 0 Å². The van der Waals surface area contributed by atoms with E-state index >= 15 is 0 Å². The predicted molar refractivity (Wildman–Crippen MR) is 32.5 cm³/mol. The van der Waals surface area contributed by atoms with Gasteiger partial charge in [-0.1, -0.05) is 11.8 Å². The molecule has 47 valence electrons. The van der Waals surface area contributed by atoms with Crippen LogP contribution >= 0.6 is 0 Å². The Labute approximate surface area is 54.8 Å². The molecule has 0 amide bonds. The molecule has 9 heavy (non-hydrogen) atoms. The van der Waals surface area contributed by atoms with Gasteiger partial charge >= 0.3 is 0 Å². The van der Waals surface area contributed by atoms with Gasteiger partial charge in [0.05, 0.1) is 0 Å². The van der Waals surface area contributed by atoms with E-state index in [9.17, 15) is 5.11 Å². The standard InChI is InChI=1S/C7H7O2/c1-2-6-9-7-4-3-5-8/h4,7H2,1H3. The summed E-state index contributed by atoms with van der Waals surface area (Å²) < 4.78 is 4.68. The van der Waals surface area contributed by atoms with E-state index in [1.807, 2.05) is 0 Å². The average Bonchev–Trinajstić information content (AvgIpc) is 1.89. The molecule has 0 saturated heterocycles. The van der Waals surface area contributed by atoms with Crippen LogP contribution in [0.15, 0.2) is 0 Å². The monoisotopic (exact) mass is 123 g/mol. The maximum Gasteiger partial charge on any atom is 0.172 e. The van der Waals surface area contributed by atoms with Crippen LogP contribution in [-0.2, 0) is 9.84 Å². The maximum absolute atomic E-state index is 9.51. The van der Waals surface area contributed by atoms with Crippen LogP contribution in [0.25, 0.3) is 0 Å². The first kappa shape index (κ1) is 7.72. The molecule has 0 aromatic carbocycles. The molecule has 1 radical (unpaired) electrons. The van der Waals surface area contributed by atoms with Gasteiger partial charge in [0, 0.05) is 13.3 Å². The molecule has 0 bridgehead atoms. The Morgan fingerprint density at radius 3 is 2.89 bits per heavy atom. The normalized spacial score (nSPS) is 5.89. The van der Waals surface area contributed by atoms with Gasteiger partial charge in [0.25, 0.3) is 0 Å². The minimum Gasteiger partial charge on any atom is -0.446 e. The Kier molecular flexibility index (Phi) is 5.76. The van der Waals surface area contributed by atoms with Crippen LogP contribution in [0.1, 0.15) is 13.3 Å². The second-order valence-corrected chi connectivity index (χ2v) is 1.23. The topological polar surface area (TPSA) is 29.1 Å². The molecule has 0 fully saturated rings. The smallest absolute Gasteiger partial charge is 0.172 e. The highest BCUT2D eigenvalue weighted by Gasteiger charge is 1.76. The first-order valence-corrected chi connectivity index (χ1v) is 2.55. The van der Waals surface area contributed by atoms with Gasteiger partial charge in [-0.25, -0.2) is 5.11 Å². The van der Waals surface area contributed by atoms with Gasteiger partial charge in [0.1, 0.15) is 12.7 Å². The molecule has 0 atom stereocenters. The van der Waals surface area contributed by atoms with Crippen molar-refractivity contribution in [1.29, 1.82) is 0 Å². The molecule has 0 rings (SSSR count). The van der Waals surface area contributed by atoms with Crippen molar-refractivity contribution in [1.82, 2.24) is 0 Å². The minimum absolute atomic E-state index is 0.413. The van der Waals surface area contributed by atoms with Gasteiger partial charge in [-0.15, -0.1) is 0 Å². The summed E-state index contributed by atoms with van der Waals surface area (Å²) in [6.45, 7) is 2.09. The van der Waals surface area contributed by atoms with E-state index in [1.165, 1.54) is 6.11 Å². The van der Waals surface area contributed by atoms with Crippen LogP contribution in [0.5, 0.6) is 0 Å². The van der Waals surface area contributed by atoms with Gasteiger partial charge in [-0.05, 0) is 0 Å². The Morgan fingerprint density at radius 2 is 2.33 bits per heavy atom. The van der Waals surface area contributed by atoms with E-state index in [-0.39, 0.29) is 0 Å². The highest BCUT2D eigenvalue weighted by atomic mass is 16.5. The summed E-state index contributed by atoms with van der Waals surface area (Å²) in [6, 6.07) is 0. The van der Waals surface area contributed by atoms with E-state index in [0.29, 0.717) is 13.0 Å². The van der Waals surface area contributed by atoms with Crippen molar-refractivity contribution in [2.75, 3.05) is 6.61 Å². The van der Waals surface area contributed by atoms with Gasteiger partial charge in [-0.2, -0.15) is 0 Å². The summed E-state index contributed by atoms with van der Waals surface area (Å²) >= 11 is 0. The molecule has 0 heterocycles. The van der Waals surface area contributed by atoms with Crippen LogP contribution in [0.4, 0.5) is 0 Å². The predicted octanol–water partition coefficient (Wildman–Crippen LogP) is 0.765. The van der Waals surface area contributed by atoms with E-state index < -0.39 is 0 Å². The van der Waals surface area contributed by atoms with E-state index in [0.717, 1.165) is 0 Å². The molecule has 0 aliphatic heterocycles. The molecule has 0 unspecified atom stereocenters. The third-order valence-electron chi connectivity index (χ3n) is 0.576. The summed E-state index contributed by atoms with van der Waals surface area (Å²) in [6.07, 6.45) is 4.36. The fourth-order valence-electron chi connectivity index (χ4n) is 0.276. The number of hydrogen-bond donors (Lipinski definition) is 0. The highest BCUT2D eigenvalue weighted by molar-refractivity contribution is 4.90. The summed E-state index contributed by atoms with van der Waals surface area (Å²) in [7, 11) is 0. The number of hydrogen-bond acceptors (Lipinski definition) is 1. The molecule has 0 spiro atoms. The van der Waals surface area contributed by atoms with Crippen LogP contribution in [0.2, 0.25) is 0 Å². The lowest BCUT2D eigenvalue weighted by atomic mass is 10.5. The van der Waals surface area contributed by atoms with Crippen molar-refractivity contribution >= 4 is 0 Å². The molecule has 0 aliphatic rings. The molecule has 2 heteroatoms. The van der Waals surface area contributed by atoms with E-state index in [1.54, 1.807) is 6.92 Å². The Bertz CT molecular complexity index is 143. The Morgan fingerprint density at radius 1 is 1.56 bits per heavy atom. The summed E-state index contributed by atoms with van der Waals surface area (Å²) in [5.74, 6) is 4.85. The Balaban J connectivity index is 3.04. The zero-order valence-electron chi connectivity index (χ0n) is 5.23. The zero-order valence-corrected chi connectivity index (χ0v) is 5.23. The SMILES string of the molecule is CC#COCCC#C[O]. The van der Waals surface area contributed by atoms with Crippen LogP contribution in [-0.4, -0.2) is 6.61 Å². The van der Waals surface area contributed by atoms with Crippen molar-refractivity contribution in [3.8, 4) is 24.1 Å². The minimum atomic E-state index is 0.413. The molecule has 0 N–H and O–H groups in total. The molecular formula is C7H7O2. The molecule has 2 nitrogen and oxygen atoms in total. The number of rotatable bonds is 2. The fraction of sp³-hybridized carbons (Fsp3) is 0.429. The lowest BCUT2D eigenvalue weighted by molar-refractivity contribution is 0.286. The first-order chi connectivity index (χ1) is 4.41. The van der Waals surface area contributed by atoms with Crippen LogP contribution in [0.3, 0.4) is 0 Å². The van der Waals surface area contributed by atoms with Gasteiger partial charge in [0.15, 0.2) is 6.11 Å².